The van der Waals surface area contributed by atoms with E-state index in [-0.39, 0.29) is 18.4 Å². The van der Waals surface area contributed by atoms with Gasteiger partial charge in [0.2, 0.25) is 11.8 Å². The first-order valence-electron chi connectivity index (χ1n) is 15.1. The molecular formula is C37H35N5O3. The molecule has 8 heteroatoms. The third kappa shape index (κ3) is 7.07. The molecule has 1 atom stereocenters. The van der Waals surface area contributed by atoms with Crippen molar-refractivity contribution in [3.63, 3.8) is 0 Å². The van der Waals surface area contributed by atoms with E-state index in [2.05, 4.69) is 27.3 Å². The van der Waals surface area contributed by atoms with Crippen LogP contribution in [-0.2, 0) is 35.5 Å². The largest absolute Gasteiger partial charge is 0.446 e. The first-order valence-corrected chi connectivity index (χ1v) is 15.1. The second kappa shape index (κ2) is 13.5. The molecule has 0 radical (unpaired) electrons. The predicted molar refractivity (Wildman–Crippen MR) is 173 cm³/mol. The zero-order chi connectivity index (χ0) is 31.2. The van der Waals surface area contributed by atoms with Crippen LogP contribution in [0.4, 0.5) is 0 Å². The van der Waals surface area contributed by atoms with Crippen LogP contribution < -0.4 is 0 Å². The zero-order valence-corrected chi connectivity index (χ0v) is 25.5. The SMILES string of the molecule is Cc1nc(C=CC(=O)N(Cc2ccc(-c3cccnn3)cc2)[C@@H](Cc2ccccc2)C(=O)N2CCc3ccccc3C2)c(C)o1. The summed E-state index contributed by atoms with van der Waals surface area (Å²) in [6, 6.07) is 29.0. The first-order chi connectivity index (χ1) is 21.9. The molecule has 45 heavy (non-hydrogen) atoms. The summed E-state index contributed by atoms with van der Waals surface area (Å²) in [5, 5.41) is 8.19. The van der Waals surface area contributed by atoms with Gasteiger partial charge in [-0.15, -0.1) is 0 Å². The van der Waals surface area contributed by atoms with E-state index in [1.807, 2.05) is 90.7 Å². The van der Waals surface area contributed by atoms with Crippen molar-refractivity contribution in [2.45, 2.75) is 45.8 Å². The van der Waals surface area contributed by atoms with Gasteiger partial charge in [-0.1, -0.05) is 78.9 Å². The van der Waals surface area contributed by atoms with Crippen molar-refractivity contribution in [3.05, 3.63) is 143 Å². The number of fused-ring (bicyclic) bond motifs is 1. The molecule has 2 amide bonds. The fourth-order valence-corrected chi connectivity index (χ4v) is 5.78. The van der Waals surface area contributed by atoms with Crippen molar-refractivity contribution in [2.75, 3.05) is 6.54 Å². The topological polar surface area (TPSA) is 92.4 Å². The third-order valence-electron chi connectivity index (χ3n) is 8.16. The second-order valence-electron chi connectivity index (χ2n) is 11.3. The number of aromatic nitrogens is 3. The standard InChI is InChI=1S/C37H35N5O3/c1-26-33(39-27(2)45-26)18-19-36(43)42(24-29-14-16-31(17-15-29)34-13-8-21-38-40-34)35(23-28-9-4-3-5-10-28)37(44)41-22-20-30-11-6-7-12-32(30)25-41/h3-19,21,35H,20,22-25H2,1-2H3/t35-/m0/s1. The maximum absolute atomic E-state index is 14.5. The molecule has 3 aromatic carbocycles. The Bertz CT molecular complexity index is 1800. The highest BCUT2D eigenvalue weighted by molar-refractivity contribution is 5.95. The molecular weight excluding hydrogens is 562 g/mol. The second-order valence-corrected chi connectivity index (χ2v) is 11.3. The van der Waals surface area contributed by atoms with Crippen molar-refractivity contribution in [1.82, 2.24) is 25.0 Å². The summed E-state index contributed by atoms with van der Waals surface area (Å²) in [5.41, 5.74) is 6.56. The van der Waals surface area contributed by atoms with Crippen LogP contribution in [0.3, 0.4) is 0 Å². The van der Waals surface area contributed by atoms with Gasteiger partial charge in [0.25, 0.3) is 0 Å². The lowest BCUT2D eigenvalue weighted by atomic mass is 9.97. The van der Waals surface area contributed by atoms with Crippen LogP contribution in [0.15, 0.2) is 108 Å². The smallest absolute Gasteiger partial charge is 0.247 e. The van der Waals surface area contributed by atoms with Gasteiger partial charge in [-0.2, -0.15) is 10.2 Å². The molecule has 0 fully saturated rings. The van der Waals surface area contributed by atoms with Crippen molar-refractivity contribution >= 4 is 17.9 Å². The van der Waals surface area contributed by atoms with Gasteiger partial charge in [0.1, 0.15) is 17.5 Å². The number of benzene rings is 3. The summed E-state index contributed by atoms with van der Waals surface area (Å²) < 4.78 is 5.57. The Balaban J connectivity index is 1.35. The normalized spacial score (nSPS) is 13.4. The molecule has 0 N–H and O–H groups in total. The van der Waals surface area contributed by atoms with E-state index in [1.54, 1.807) is 24.1 Å². The Morgan fingerprint density at radius 1 is 0.911 bits per heavy atom. The predicted octanol–water partition coefficient (Wildman–Crippen LogP) is 5.99. The van der Waals surface area contributed by atoms with Gasteiger partial charge < -0.3 is 14.2 Å². The molecule has 0 aliphatic carbocycles. The van der Waals surface area contributed by atoms with Crippen LogP contribution in [0.25, 0.3) is 17.3 Å². The maximum Gasteiger partial charge on any atom is 0.247 e. The minimum absolute atomic E-state index is 0.0697. The van der Waals surface area contributed by atoms with Crippen LogP contribution in [0.5, 0.6) is 0 Å². The van der Waals surface area contributed by atoms with Crippen LogP contribution in [0.2, 0.25) is 0 Å². The Kier molecular flexibility index (Phi) is 8.91. The van der Waals surface area contributed by atoms with Crippen LogP contribution in [0, 0.1) is 13.8 Å². The van der Waals surface area contributed by atoms with E-state index in [0.717, 1.165) is 34.4 Å². The monoisotopic (exact) mass is 597 g/mol. The summed E-state index contributed by atoms with van der Waals surface area (Å²) in [6.45, 7) is 4.95. The number of rotatable bonds is 9. The molecule has 0 spiro atoms. The van der Waals surface area contributed by atoms with E-state index in [9.17, 15) is 9.59 Å². The fourth-order valence-electron chi connectivity index (χ4n) is 5.78. The van der Waals surface area contributed by atoms with Crippen molar-refractivity contribution in [1.29, 1.82) is 0 Å². The Hall–Kier alpha value is -5.37. The number of aryl methyl sites for hydroxylation is 2. The fraction of sp³-hybridized carbons (Fsp3) is 0.216. The summed E-state index contributed by atoms with van der Waals surface area (Å²) in [5.74, 6) is 0.813. The lowest BCUT2D eigenvalue weighted by molar-refractivity contribution is -0.144. The number of carbonyl (C=O) groups is 2. The highest BCUT2D eigenvalue weighted by Crippen LogP contribution is 2.24. The molecule has 1 aliphatic rings. The minimum atomic E-state index is -0.727. The number of carbonyl (C=O) groups excluding carboxylic acids is 2. The summed E-state index contributed by atoms with van der Waals surface area (Å²) in [7, 11) is 0. The Labute approximate surface area is 263 Å². The number of nitrogens with zero attached hydrogens (tertiary/aromatic N) is 5. The molecule has 3 heterocycles. The average molecular weight is 598 g/mol. The van der Waals surface area contributed by atoms with Crippen molar-refractivity contribution in [2.24, 2.45) is 0 Å². The van der Waals surface area contributed by atoms with Crippen molar-refractivity contribution in [3.8, 4) is 11.3 Å². The molecule has 6 rings (SSSR count). The van der Waals surface area contributed by atoms with E-state index in [0.29, 0.717) is 36.9 Å². The number of amides is 2. The third-order valence-corrected chi connectivity index (χ3v) is 8.16. The van der Waals surface area contributed by atoms with E-state index in [4.69, 9.17) is 4.42 Å². The number of hydrogen-bond acceptors (Lipinski definition) is 6. The zero-order valence-electron chi connectivity index (χ0n) is 25.5. The van der Waals surface area contributed by atoms with Gasteiger partial charge in [0, 0.05) is 50.8 Å². The summed E-state index contributed by atoms with van der Waals surface area (Å²) >= 11 is 0. The lowest BCUT2D eigenvalue weighted by Gasteiger charge is -2.37. The highest BCUT2D eigenvalue weighted by atomic mass is 16.4. The number of oxazole rings is 1. The van der Waals surface area contributed by atoms with Crippen LogP contribution >= 0.6 is 0 Å². The molecule has 2 aromatic heterocycles. The first kappa shape index (κ1) is 29.7. The number of hydrogen-bond donors (Lipinski definition) is 0. The molecule has 0 saturated carbocycles. The molecule has 0 saturated heterocycles. The van der Waals surface area contributed by atoms with Gasteiger partial charge in [-0.25, -0.2) is 4.98 Å². The molecule has 0 bridgehead atoms. The molecule has 0 unspecified atom stereocenters. The molecule has 5 aromatic rings. The van der Waals surface area contributed by atoms with Gasteiger partial charge in [0.15, 0.2) is 5.89 Å². The lowest BCUT2D eigenvalue weighted by Crippen LogP contribution is -2.52. The maximum atomic E-state index is 14.5. The van der Waals surface area contributed by atoms with E-state index < -0.39 is 6.04 Å². The minimum Gasteiger partial charge on any atom is -0.446 e. The van der Waals surface area contributed by atoms with E-state index in [1.165, 1.54) is 11.6 Å². The Morgan fingerprint density at radius 2 is 1.67 bits per heavy atom. The molecule has 8 nitrogen and oxygen atoms in total. The van der Waals surface area contributed by atoms with Gasteiger partial charge in [0.05, 0.1) is 5.69 Å². The summed E-state index contributed by atoms with van der Waals surface area (Å²) in [4.78, 5) is 36.6. The van der Waals surface area contributed by atoms with E-state index >= 15 is 0 Å². The van der Waals surface area contributed by atoms with Gasteiger partial charge in [-0.3, -0.25) is 9.59 Å². The average Bonchev–Trinajstić information content (AvgIpc) is 3.41. The van der Waals surface area contributed by atoms with Gasteiger partial charge >= 0.3 is 0 Å². The quantitative estimate of drug-likeness (QED) is 0.194. The van der Waals surface area contributed by atoms with Crippen LogP contribution in [0.1, 0.15) is 39.6 Å². The Morgan fingerprint density at radius 3 is 2.38 bits per heavy atom. The highest BCUT2D eigenvalue weighted by Gasteiger charge is 2.34. The molecule has 1 aliphatic heterocycles. The van der Waals surface area contributed by atoms with Gasteiger partial charge in [-0.05, 0) is 53.8 Å². The molecule has 226 valence electrons. The van der Waals surface area contributed by atoms with Crippen LogP contribution in [-0.4, -0.2) is 49.4 Å². The van der Waals surface area contributed by atoms with Crippen molar-refractivity contribution < 1.29 is 14.0 Å². The summed E-state index contributed by atoms with van der Waals surface area (Å²) in [6.07, 6.45) is 5.97.